The highest BCUT2D eigenvalue weighted by Gasteiger charge is 2.13. The van der Waals surface area contributed by atoms with Gasteiger partial charge in [0, 0.05) is 25.8 Å². The number of halogens is 1. The molecule has 5 heteroatoms. The van der Waals surface area contributed by atoms with Crippen LogP contribution in [-0.2, 0) is 6.54 Å². The van der Waals surface area contributed by atoms with Gasteiger partial charge in [-0.15, -0.1) is 24.0 Å². The van der Waals surface area contributed by atoms with Crippen LogP contribution in [0.4, 0.5) is 5.69 Å². The molecule has 4 nitrogen and oxygen atoms in total. The van der Waals surface area contributed by atoms with Crippen molar-refractivity contribution in [3.05, 3.63) is 29.8 Å². The third kappa shape index (κ3) is 6.11. The van der Waals surface area contributed by atoms with Crippen LogP contribution in [0.1, 0.15) is 37.7 Å². The number of nitrogens with zero attached hydrogens (tertiary/aromatic N) is 2. The van der Waals surface area contributed by atoms with Crippen molar-refractivity contribution < 1.29 is 0 Å². The topological polar surface area (TPSA) is 53.6 Å². The summed E-state index contributed by atoms with van der Waals surface area (Å²) in [7, 11) is 4.08. The van der Waals surface area contributed by atoms with Crippen LogP contribution in [0, 0.1) is 0 Å². The summed E-state index contributed by atoms with van der Waals surface area (Å²) in [6, 6.07) is 8.94. The molecule has 1 fully saturated rings. The molecule has 0 atom stereocenters. The number of guanidine groups is 1. The van der Waals surface area contributed by atoms with Gasteiger partial charge in [-0.25, -0.2) is 4.99 Å². The lowest BCUT2D eigenvalue weighted by Gasteiger charge is -2.23. The van der Waals surface area contributed by atoms with Crippen molar-refractivity contribution in [1.29, 1.82) is 0 Å². The minimum atomic E-state index is 0. The second kappa shape index (κ2) is 9.12. The Morgan fingerprint density at radius 2 is 1.81 bits per heavy atom. The molecule has 0 heterocycles. The average Bonchev–Trinajstić information content (AvgIpc) is 2.46. The smallest absolute Gasteiger partial charge is 0.189 e. The molecule has 0 bridgehead atoms. The Kier molecular flexibility index (Phi) is 7.85. The van der Waals surface area contributed by atoms with Crippen LogP contribution in [0.25, 0.3) is 0 Å². The zero-order valence-corrected chi connectivity index (χ0v) is 15.3. The minimum absolute atomic E-state index is 0. The van der Waals surface area contributed by atoms with Crippen LogP contribution in [0.2, 0.25) is 0 Å². The number of rotatable bonds is 4. The summed E-state index contributed by atoms with van der Waals surface area (Å²) in [5.41, 5.74) is 8.35. The van der Waals surface area contributed by atoms with Crippen molar-refractivity contribution in [3.63, 3.8) is 0 Å². The maximum absolute atomic E-state index is 5.96. The zero-order valence-electron chi connectivity index (χ0n) is 13.0. The molecule has 118 valence electrons. The number of nitrogens with one attached hydrogen (secondary N) is 1. The first kappa shape index (κ1) is 18.1. The summed E-state index contributed by atoms with van der Waals surface area (Å²) in [5.74, 6) is 0.577. The first-order chi connectivity index (χ1) is 9.65. The van der Waals surface area contributed by atoms with Crippen LogP contribution in [0.3, 0.4) is 0 Å². The van der Waals surface area contributed by atoms with Gasteiger partial charge < -0.3 is 16.0 Å². The highest BCUT2D eigenvalue weighted by atomic mass is 127. The second-order valence-electron chi connectivity index (χ2n) is 5.74. The molecule has 1 aromatic carbocycles. The van der Waals surface area contributed by atoms with Gasteiger partial charge in [-0.1, -0.05) is 31.4 Å². The van der Waals surface area contributed by atoms with Gasteiger partial charge in [0.2, 0.25) is 0 Å². The van der Waals surface area contributed by atoms with E-state index >= 15 is 0 Å². The molecular weight excluding hydrogens is 375 g/mol. The van der Waals surface area contributed by atoms with E-state index in [1.54, 1.807) is 0 Å². The zero-order chi connectivity index (χ0) is 14.4. The number of hydrogen-bond donors (Lipinski definition) is 2. The Morgan fingerprint density at radius 1 is 1.19 bits per heavy atom. The Morgan fingerprint density at radius 3 is 2.38 bits per heavy atom. The number of hydrogen-bond acceptors (Lipinski definition) is 2. The molecule has 21 heavy (non-hydrogen) atoms. The van der Waals surface area contributed by atoms with Gasteiger partial charge in [-0.2, -0.15) is 0 Å². The van der Waals surface area contributed by atoms with E-state index in [0.717, 1.165) is 0 Å². The molecule has 1 aromatic rings. The van der Waals surface area contributed by atoms with E-state index in [1.807, 2.05) is 14.1 Å². The van der Waals surface area contributed by atoms with E-state index in [0.29, 0.717) is 18.5 Å². The monoisotopic (exact) mass is 402 g/mol. The van der Waals surface area contributed by atoms with E-state index in [9.17, 15) is 0 Å². The molecule has 1 saturated carbocycles. The Bertz CT molecular complexity index is 436. The van der Waals surface area contributed by atoms with E-state index in [1.165, 1.54) is 43.4 Å². The van der Waals surface area contributed by atoms with Crippen molar-refractivity contribution in [2.45, 2.75) is 44.7 Å². The van der Waals surface area contributed by atoms with Gasteiger partial charge in [0.05, 0.1) is 6.54 Å². The number of benzene rings is 1. The molecule has 2 rings (SSSR count). The third-order valence-corrected chi connectivity index (χ3v) is 3.84. The van der Waals surface area contributed by atoms with Gasteiger partial charge in [0.1, 0.15) is 0 Å². The number of aliphatic imine (C=N–C) groups is 1. The molecule has 1 aliphatic rings. The highest BCUT2D eigenvalue weighted by Crippen LogP contribution is 2.17. The Labute approximate surface area is 145 Å². The molecule has 1 aliphatic carbocycles. The predicted octanol–water partition coefficient (Wildman–Crippen LogP) is 3.11. The van der Waals surface area contributed by atoms with E-state index in [4.69, 9.17) is 5.73 Å². The molecular formula is C16H27IN4. The number of anilines is 1. The first-order valence-corrected chi connectivity index (χ1v) is 7.48. The number of nitrogens with two attached hydrogens (primary N) is 1. The lowest BCUT2D eigenvalue weighted by Crippen LogP contribution is -2.41. The summed E-state index contributed by atoms with van der Waals surface area (Å²) in [5, 5.41) is 3.34. The molecule has 0 amide bonds. The lowest BCUT2D eigenvalue weighted by molar-refractivity contribution is 0.412. The maximum atomic E-state index is 5.96. The quantitative estimate of drug-likeness (QED) is 0.462. The van der Waals surface area contributed by atoms with Gasteiger partial charge in [-0.3, -0.25) is 0 Å². The third-order valence-electron chi connectivity index (χ3n) is 3.84. The normalized spacial score (nSPS) is 16.2. The summed E-state index contributed by atoms with van der Waals surface area (Å²) >= 11 is 0. The van der Waals surface area contributed by atoms with Crippen molar-refractivity contribution in [1.82, 2.24) is 5.32 Å². The highest BCUT2D eigenvalue weighted by molar-refractivity contribution is 14.0. The summed E-state index contributed by atoms with van der Waals surface area (Å²) in [6.07, 6.45) is 6.39. The molecule has 0 radical (unpaired) electrons. The molecule has 0 spiro atoms. The molecule has 0 aliphatic heterocycles. The van der Waals surface area contributed by atoms with E-state index in [2.05, 4.69) is 39.5 Å². The standard InChI is InChI=1S/C16H26N4.HI/c1-20(2)15-10-8-13(9-11-15)12-18-16(17)19-14-6-4-3-5-7-14;/h8-11,14H,3-7,12H2,1-2H3,(H3,17,18,19);1H. The first-order valence-electron chi connectivity index (χ1n) is 7.48. The maximum Gasteiger partial charge on any atom is 0.189 e. The Balaban J connectivity index is 0.00000220. The molecule has 3 N–H and O–H groups in total. The largest absolute Gasteiger partial charge is 0.378 e. The van der Waals surface area contributed by atoms with Gasteiger partial charge in [0.15, 0.2) is 5.96 Å². The van der Waals surface area contributed by atoms with Gasteiger partial charge in [-0.05, 0) is 30.5 Å². The van der Waals surface area contributed by atoms with E-state index in [-0.39, 0.29) is 24.0 Å². The van der Waals surface area contributed by atoms with Crippen molar-refractivity contribution in [3.8, 4) is 0 Å². The SMILES string of the molecule is CN(C)c1ccc(CN=C(N)NC2CCCCC2)cc1.I. The summed E-state index contributed by atoms with van der Waals surface area (Å²) in [4.78, 5) is 6.52. The fourth-order valence-electron chi connectivity index (χ4n) is 2.58. The van der Waals surface area contributed by atoms with Gasteiger partial charge in [0.25, 0.3) is 0 Å². The van der Waals surface area contributed by atoms with Crippen molar-refractivity contribution in [2.75, 3.05) is 19.0 Å². The van der Waals surface area contributed by atoms with Crippen LogP contribution in [0.5, 0.6) is 0 Å². The Hall–Kier alpha value is -0.980. The van der Waals surface area contributed by atoms with Crippen LogP contribution < -0.4 is 16.0 Å². The second-order valence-corrected chi connectivity index (χ2v) is 5.74. The van der Waals surface area contributed by atoms with Crippen molar-refractivity contribution in [2.24, 2.45) is 10.7 Å². The summed E-state index contributed by atoms with van der Waals surface area (Å²) < 4.78 is 0. The predicted molar refractivity (Wildman–Crippen MR) is 102 cm³/mol. The molecule has 0 saturated heterocycles. The summed E-state index contributed by atoms with van der Waals surface area (Å²) in [6.45, 7) is 0.638. The van der Waals surface area contributed by atoms with Crippen LogP contribution >= 0.6 is 24.0 Å². The van der Waals surface area contributed by atoms with Crippen LogP contribution in [-0.4, -0.2) is 26.1 Å². The fraction of sp³-hybridized carbons (Fsp3) is 0.562. The fourth-order valence-corrected chi connectivity index (χ4v) is 2.58. The molecule has 0 aromatic heterocycles. The van der Waals surface area contributed by atoms with Crippen LogP contribution in [0.15, 0.2) is 29.3 Å². The van der Waals surface area contributed by atoms with Gasteiger partial charge >= 0.3 is 0 Å². The average molecular weight is 402 g/mol. The van der Waals surface area contributed by atoms with E-state index < -0.39 is 0 Å². The van der Waals surface area contributed by atoms with Crippen molar-refractivity contribution >= 4 is 35.6 Å². The lowest BCUT2D eigenvalue weighted by atomic mass is 9.96. The minimum Gasteiger partial charge on any atom is -0.378 e. The molecule has 0 unspecified atom stereocenters.